The van der Waals surface area contributed by atoms with Crippen LogP contribution in [0.1, 0.15) is 37.2 Å². The molecule has 0 bridgehead atoms. The van der Waals surface area contributed by atoms with Gasteiger partial charge < -0.3 is 5.32 Å². The van der Waals surface area contributed by atoms with Crippen molar-refractivity contribution in [2.24, 2.45) is 0 Å². The highest BCUT2D eigenvalue weighted by Crippen LogP contribution is 2.41. The summed E-state index contributed by atoms with van der Waals surface area (Å²) >= 11 is 2.04. The third-order valence-electron chi connectivity index (χ3n) is 3.78. The molecule has 0 aromatic heterocycles. The van der Waals surface area contributed by atoms with E-state index in [2.05, 4.69) is 29.6 Å². The first-order valence-corrected chi connectivity index (χ1v) is 7.37. The zero-order valence-corrected chi connectivity index (χ0v) is 10.4. The molecule has 1 N–H and O–H groups in total. The van der Waals surface area contributed by atoms with Crippen LogP contribution in [0.3, 0.4) is 0 Å². The summed E-state index contributed by atoms with van der Waals surface area (Å²) < 4.78 is 0. The number of hydrogen-bond acceptors (Lipinski definition) is 2. The van der Waals surface area contributed by atoms with Crippen LogP contribution in [0.4, 0.5) is 0 Å². The van der Waals surface area contributed by atoms with E-state index in [4.69, 9.17) is 0 Å². The zero-order chi connectivity index (χ0) is 10.8. The second-order valence-corrected chi connectivity index (χ2v) is 5.99. The number of thioether (sulfide) groups is 1. The molecule has 0 saturated carbocycles. The van der Waals surface area contributed by atoms with Gasteiger partial charge in [0.2, 0.25) is 0 Å². The molecule has 2 heteroatoms. The molecule has 1 nitrogen and oxygen atoms in total. The van der Waals surface area contributed by atoms with Crippen molar-refractivity contribution in [3.8, 4) is 0 Å². The largest absolute Gasteiger partial charge is 0.314 e. The van der Waals surface area contributed by atoms with E-state index < -0.39 is 0 Å². The Balaban J connectivity index is 1.68. The van der Waals surface area contributed by atoms with Crippen LogP contribution in [0.25, 0.3) is 0 Å². The standard InChI is InChI=1S/C14H19NS/c1-2-7-14-13(6-1)11(10-16-14)9-12-5-3-4-8-15-12/h1-2,6-7,11-12,15H,3-5,8-10H2. The van der Waals surface area contributed by atoms with E-state index in [1.165, 1.54) is 42.9 Å². The Labute approximate surface area is 102 Å². The monoisotopic (exact) mass is 233 g/mol. The van der Waals surface area contributed by atoms with Gasteiger partial charge in [0.1, 0.15) is 0 Å². The van der Waals surface area contributed by atoms with Crippen LogP contribution in [0.2, 0.25) is 0 Å². The Morgan fingerprint density at radius 3 is 3.06 bits per heavy atom. The summed E-state index contributed by atoms with van der Waals surface area (Å²) in [5.74, 6) is 2.08. The summed E-state index contributed by atoms with van der Waals surface area (Å²) in [5, 5.41) is 3.67. The van der Waals surface area contributed by atoms with Crippen molar-refractivity contribution < 1.29 is 0 Å². The second-order valence-electron chi connectivity index (χ2n) is 4.93. The van der Waals surface area contributed by atoms with Gasteiger partial charge in [-0.1, -0.05) is 24.6 Å². The first-order valence-electron chi connectivity index (χ1n) is 6.38. The molecular formula is C14H19NS. The maximum atomic E-state index is 3.67. The molecule has 0 aliphatic carbocycles. The third-order valence-corrected chi connectivity index (χ3v) is 5.03. The molecule has 0 radical (unpaired) electrons. The molecule has 2 aliphatic rings. The van der Waals surface area contributed by atoms with Gasteiger partial charge in [-0.15, -0.1) is 11.8 Å². The Morgan fingerprint density at radius 2 is 2.19 bits per heavy atom. The van der Waals surface area contributed by atoms with Crippen LogP contribution < -0.4 is 5.32 Å². The van der Waals surface area contributed by atoms with Gasteiger partial charge in [-0.2, -0.15) is 0 Å². The fourth-order valence-corrected chi connectivity index (χ4v) is 4.17. The molecule has 1 aromatic rings. The lowest BCUT2D eigenvalue weighted by molar-refractivity contribution is 0.367. The SMILES string of the molecule is c1ccc2c(c1)SCC2CC1CCCCN1. The summed E-state index contributed by atoms with van der Waals surface area (Å²) in [6.45, 7) is 1.23. The number of benzene rings is 1. The highest BCUT2D eigenvalue weighted by Gasteiger charge is 2.26. The maximum Gasteiger partial charge on any atom is 0.0107 e. The molecular weight excluding hydrogens is 214 g/mol. The van der Waals surface area contributed by atoms with Gasteiger partial charge in [-0.05, 0) is 43.4 Å². The van der Waals surface area contributed by atoms with Gasteiger partial charge in [0.25, 0.3) is 0 Å². The molecule has 86 valence electrons. The van der Waals surface area contributed by atoms with E-state index in [1.807, 2.05) is 11.8 Å². The molecule has 0 amide bonds. The van der Waals surface area contributed by atoms with E-state index >= 15 is 0 Å². The van der Waals surface area contributed by atoms with Gasteiger partial charge in [-0.25, -0.2) is 0 Å². The molecule has 1 aromatic carbocycles. The van der Waals surface area contributed by atoms with Crippen molar-refractivity contribution in [1.29, 1.82) is 0 Å². The minimum absolute atomic E-state index is 0.769. The van der Waals surface area contributed by atoms with Crippen molar-refractivity contribution >= 4 is 11.8 Å². The van der Waals surface area contributed by atoms with E-state index in [0.29, 0.717) is 0 Å². The number of rotatable bonds is 2. The Hall–Kier alpha value is -0.470. The quantitative estimate of drug-likeness (QED) is 0.840. The third kappa shape index (κ3) is 2.14. The van der Waals surface area contributed by atoms with E-state index in [9.17, 15) is 0 Å². The van der Waals surface area contributed by atoms with Crippen LogP contribution in [0.5, 0.6) is 0 Å². The van der Waals surface area contributed by atoms with Crippen molar-refractivity contribution in [1.82, 2.24) is 5.32 Å². The smallest absolute Gasteiger partial charge is 0.0107 e. The topological polar surface area (TPSA) is 12.0 Å². The fourth-order valence-electron chi connectivity index (χ4n) is 2.89. The number of hydrogen-bond donors (Lipinski definition) is 1. The molecule has 2 atom stereocenters. The lowest BCUT2D eigenvalue weighted by atomic mass is 9.90. The van der Waals surface area contributed by atoms with Crippen molar-refractivity contribution in [2.45, 2.75) is 42.5 Å². The average molecular weight is 233 g/mol. The minimum atomic E-state index is 0.769. The van der Waals surface area contributed by atoms with Crippen LogP contribution in [0, 0.1) is 0 Å². The van der Waals surface area contributed by atoms with Gasteiger partial charge in [0, 0.05) is 16.7 Å². The minimum Gasteiger partial charge on any atom is -0.314 e. The second kappa shape index (κ2) is 4.80. The average Bonchev–Trinajstić information content (AvgIpc) is 2.74. The molecule has 16 heavy (non-hydrogen) atoms. The fraction of sp³-hybridized carbons (Fsp3) is 0.571. The molecule has 2 aliphatic heterocycles. The van der Waals surface area contributed by atoms with Gasteiger partial charge in [0.15, 0.2) is 0 Å². The van der Waals surface area contributed by atoms with Gasteiger partial charge in [-0.3, -0.25) is 0 Å². The van der Waals surface area contributed by atoms with Crippen molar-refractivity contribution in [3.05, 3.63) is 29.8 Å². The number of fused-ring (bicyclic) bond motifs is 1. The molecule has 3 rings (SSSR count). The molecule has 0 spiro atoms. The first-order chi connectivity index (χ1) is 7.93. The van der Waals surface area contributed by atoms with E-state index in [-0.39, 0.29) is 0 Å². The normalized spacial score (nSPS) is 29.0. The molecule has 2 unspecified atom stereocenters. The predicted molar refractivity (Wildman–Crippen MR) is 70.2 cm³/mol. The zero-order valence-electron chi connectivity index (χ0n) is 9.61. The maximum absolute atomic E-state index is 3.67. The molecule has 1 saturated heterocycles. The molecule has 2 heterocycles. The summed E-state index contributed by atoms with van der Waals surface area (Å²) in [7, 11) is 0. The van der Waals surface area contributed by atoms with E-state index in [0.717, 1.165) is 12.0 Å². The summed E-state index contributed by atoms with van der Waals surface area (Å²) in [5.41, 5.74) is 1.60. The highest BCUT2D eigenvalue weighted by atomic mass is 32.2. The predicted octanol–water partition coefficient (Wildman–Crippen LogP) is 3.41. The Morgan fingerprint density at radius 1 is 1.25 bits per heavy atom. The number of piperidine rings is 1. The van der Waals surface area contributed by atoms with Crippen LogP contribution in [-0.2, 0) is 0 Å². The Kier molecular flexibility index (Phi) is 3.20. The molecule has 1 fully saturated rings. The number of nitrogens with one attached hydrogen (secondary N) is 1. The van der Waals surface area contributed by atoms with Gasteiger partial charge in [0.05, 0.1) is 0 Å². The lowest BCUT2D eigenvalue weighted by Gasteiger charge is -2.26. The van der Waals surface area contributed by atoms with Crippen LogP contribution >= 0.6 is 11.8 Å². The summed E-state index contributed by atoms with van der Waals surface area (Å²) in [6, 6.07) is 9.71. The Bertz CT molecular complexity index is 358. The van der Waals surface area contributed by atoms with Crippen LogP contribution in [0.15, 0.2) is 29.2 Å². The highest BCUT2D eigenvalue weighted by molar-refractivity contribution is 7.99. The van der Waals surface area contributed by atoms with Crippen molar-refractivity contribution in [3.63, 3.8) is 0 Å². The summed E-state index contributed by atoms with van der Waals surface area (Å²) in [4.78, 5) is 1.52. The summed E-state index contributed by atoms with van der Waals surface area (Å²) in [6.07, 6.45) is 5.50. The lowest BCUT2D eigenvalue weighted by Crippen LogP contribution is -2.35. The van der Waals surface area contributed by atoms with Gasteiger partial charge >= 0.3 is 0 Å². The first kappa shape index (κ1) is 10.7. The van der Waals surface area contributed by atoms with Crippen molar-refractivity contribution in [2.75, 3.05) is 12.3 Å². The van der Waals surface area contributed by atoms with E-state index in [1.54, 1.807) is 5.56 Å². The van der Waals surface area contributed by atoms with Crippen LogP contribution in [-0.4, -0.2) is 18.3 Å².